The minimum absolute atomic E-state index is 0.287. The lowest BCUT2D eigenvalue weighted by atomic mass is 9.99. The van der Waals surface area contributed by atoms with Crippen LogP contribution in [0.4, 0.5) is 10.5 Å². The highest BCUT2D eigenvalue weighted by molar-refractivity contribution is 8.00. The van der Waals surface area contributed by atoms with Gasteiger partial charge in [0.05, 0.1) is 5.69 Å². The van der Waals surface area contributed by atoms with Crippen LogP contribution in [0.2, 0.25) is 0 Å². The van der Waals surface area contributed by atoms with Crippen LogP contribution in [0.25, 0.3) is 11.0 Å². The van der Waals surface area contributed by atoms with E-state index in [1.54, 1.807) is 35.7 Å². The van der Waals surface area contributed by atoms with Gasteiger partial charge in [-0.25, -0.2) is 4.79 Å². The van der Waals surface area contributed by atoms with Crippen molar-refractivity contribution in [1.82, 2.24) is 10.2 Å². The maximum absolute atomic E-state index is 13.3. The molecule has 1 fully saturated rings. The molecule has 0 saturated carbocycles. The van der Waals surface area contributed by atoms with Crippen LogP contribution < -0.4 is 10.2 Å². The van der Waals surface area contributed by atoms with Gasteiger partial charge in [0.2, 0.25) is 5.91 Å². The van der Waals surface area contributed by atoms with Crippen molar-refractivity contribution < 1.29 is 18.8 Å². The molecule has 2 aromatic carbocycles. The molecule has 2 aliphatic rings. The summed E-state index contributed by atoms with van der Waals surface area (Å²) in [4.78, 5) is 43.0. The second kappa shape index (κ2) is 7.70. The van der Waals surface area contributed by atoms with Crippen molar-refractivity contribution >= 4 is 46.3 Å². The number of hydrogen-bond acceptors (Lipinski definition) is 5. The zero-order chi connectivity index (χ0) is 22.5. The van der Waals surface area contributed by atoms with E-state index < -0.39 is 17.5 Å². The summed E-state index contributed by atoms with van der Waals surface area (Å²) in [6.07, 6.45) is 0.821. The first kappa shape index (κ1) is 20.6. The number of anilines is 1. The number of carbonyl (C=O) groups excluding carboxylic acids is 3. The van der Waals surface area contributed by atoms with Gasteiger partial charge in [0, 0.05) is 22.1 Å². The minimum Gasteiger partial charge on any atom is -0.458 e. The molecule has 0 radical (unpaired) electrons. The molecule has 8 heteroatoms. The number of nitrogens with one attached hydrogen (secondary N) is 1. The van der Waals surface area contributed by atoms with Crippen LogP contribution in [-0.2, 0) is 15.1 Å². The highest BCUT2D eigenvalue weighted by Crippen LogP contribution is 2.38. The number of hydrogen-bond donors (Lipinski definition) is 1. The van der Waals surface area contributed by atoms with Crippen molar-refractivity contribution in [2.45, 2.75) is 36.0 Å². The molecular formula is C24H23N3O4S. The van der Waals surface area contributed by atoms with E-state index in [1.165, 1.54) is 0 Å². The summed E-state index contributed by atoms with van der Waals surface area (Å²) < 4.78 is 5.86. The second-order valence-electron chi connectivity index (χ2n) is 8.33. The van der Waals surface area contributed by atoms with Crippen molar-refractivity contribution in [2.75, 3.05) is 18.0 Å². The van der Waals surface area contributed by atoms with Gasteiger partial charge < -0.3 is 14.6 Å². The van der Waals surface area contributed by atoms with Gasteiger partial charge in [-0.05, 0) is 37.6 Å². The maximum atomic E-state index is 13.3. The predicted octanol–water partition coefficient (Wildman–Crippen LogP) is 4.12. The van der Waals surface area contributed by atoms with Gasteiger partial charge in [-0.2, -0.15) is 0 Å². The van der Waals surface area contributed by atoms with Crippen LogP contribution in [0.15, 0.2) is 63.9 Å². The quantitative estimate of drug-likeness (QED) is 0.609. The Labute approximate surface area is 189 Å². The Morgan fingerprint density at radius 1 is 1.19 bits per heavy atom. The molecule has 0 aliphatic carbocycles. The first-order chi connectivity index (χ1) is 15.4. The summed E-state index contributed by atoms with van der Waals surface area (Å²) in [5.74, 6) is -0.442. The minimum atomic E-state index is -1.36. The lowest BCUT2D eigenvalue weighted by molar-refractivity contribution is -0.134. The number of imide groups is 1. The van der Waals surface area contributed by atoms with Crippen molar-refractivity contribution in [2.24, 2.45) is 0 Å². The summed E-state index contributed by atoms with van der Waals surface area (Å²) in [7, 11) is 0. The molecule has 32 heavy (non-hydrogen) atoms. The van der Waals surface area contributed by atoms with Gasteiger partial charge in [0.1, 0.15) is 17.9 Å². The molecule has 0 bridgehead atoms. The molecule has 3 aromatic rings. The van der Waals surface area contributed by atoms with Crippen molar-refractivity contribution in [1.29, 1.82) is 0 Å². The van der Waals surface area contributed by atoms with Crippen LogP contribution in [0.3, 0.4) is 0 Å². The van der Waals surface area contributed by atoms with Crippen LogP contribution in [0.1, 0.15) is 26.0 Å². The fourth-order valence-electron chi connectivity index (χ4n) is 4.20. The van der Waals surface area contributed by atoms with Crippen LogP contribution in [0, 0.1) is 0 Å². The molecule has 4 amide bonds. The average molecular weight is 450 g/mol. The Hall–Kier alpha value is -3.26. The third-order valence-electron chi connectivity index (χ3n) is 6.03. The Kier molecular flexibility index (Phi) is 4.97. The van der Waals surface area contributed by atoms with E-state index in [0.29, 0.717) is 23.1 Å². The van der Waals surface area contributed by atoms with E-state index in [0.717, 1.165) is 27.3 Å². The third kappa shape index (κ3) is 3.35. The van der Waals surface area contributed by atoms with Gasteiger partial charge in [0.15, 0.2) is 5.54 Å². The highest BCUT2D eigenvalue weighted by atomic mass is 32.2. The van der Waals surface area contributed by atoms with Gasteiger partial charge in [-0.1, -0.05) is 37.3 Å². The number of para-hydroxylation sites is 2. The maximum Gasteiger partial charge on any atom is 0.325 e. The summed E-state index contributed by atoms with van der Waals surface area (Å²) in [5.41, 5.74) is 0.0873. The number of nitrogens with zero attached hydrogens (tertiary/aromatic N) is 2. The third-order valence-corrected chi connectivity index (χ3v) is 7.27. The first-order valence-corrected chi connectivity index (χ1v) is 11.4. The van der Waals surface area contributed by atoms with Crippen molar-refractivity contribution in [3.63, 3.8) is 0 Å². The SMILES string of the molecule is C[C@H]1CCN(C(=O)CN2C(=O)N[C@](C)(c3cc4ccccc4o3)C2=O)c2ccccc2S1. The predicted molar refractivity (Wildman–Crippen MR) is 123 cm³/mol. The van der Waals surface area contributed by atoms with E-state index in [1.807, 2.05) is 42.5 Å². The molecule has 7 nitrogen and oxygen atoms in total. The highest BCUT2D eigenvalue weighted by Gasteiger charge is 2.52. The number of amides is 4. The standard InChI is InChI=1S/C24H23N3O4S/c1-15-11-12-26(17-8-4-6-10-19(17)32-15)21(28)14-27-22(29)24(2,25-23(27)30)20-13-16-7-3-5-9-18(16)31-20/h3-10,13,15H,11-12,14H2,1-2H3,(H,25,30)/t15-,24+/m0/s1. The molecule has 0 unspecified atom stereocenters. The zero-order valence-corrected chi connectivity index (χ0v) is 18.6. The molecular weight excluding hydrogens is 426 g/mol. The molecule has 3 heterocycles. The molecule has 2 aliphatic heterocycles. The Morgan fingerprint density at radius 3 is 2.75 bits per heavy atom. The Balaban J connectivity index is 1.41. The number of fused-ring (bicyclic) bond motifs is 2. The lowest BCUT2D eigenvalue weighted by Crippen LogP contribution is -2.45. The lowest BCUT2D eigenvalue weighted by Gasteiger charge is -2.25. The van der Waals surface area contributed by atoms with E-state index in [2.05, 4.69) is 12.2 Å². The van der Waals surface area contributed by atoms with Crippen molar-refractivity contribution in [3.05, 3.63) is 60.4 Å². The Bertz CT molecular complexity index is 1210. The van der Waals surface area contributed by atoms with Crippen LogP contribution in [0.5, 0.6) is 0 Å². The number of benzene rings is 2. The zero-order valence-electron chi connectivity index (χ0n) is 17.8. The first-order valence-electron chi connectivity index (χ1n) is 10.6. The van der Waals surface area contributed by atoms with Gasteiger partial charge in [-0.15, -0.1) is 11.8 Å². The summed E-state index contributed by atoms with van der Waals surface area (Å²) in [6, 6.07) is 16.3. The van der Waals surface area contributed by atoms with E-state index in [-0.39, 0.29) is 12.5 Å². The summed E-state index contributed by atoms with van der Waals surface area (Å²) >= 11 is 1.73. The Morgan fingerprint density at radius 2 is 1.94 bits per heavy atom. The van der Waals surface area contributed by atoms with Crippen LogP contribution in [-0.4, -0.2) is 41.1 Å². The number of thioether (sulfide) groups is 1. The fraction of sp³-hybridized carbons (Fsp3) is 0.292. The van der Waals surface area contributed by atoms with Gasteiger partial charge in [-0.3, -0.25) is 14.5 Å². The molecule has 2 atom stereocenters. The van der Waals surface area contributed by atoms with Crippen molar-refractivity contribution in [3.8, 4) is 0 Å². The largest absolute Gasteiger partial charge is 0.458 e. The van der Waals surface area contributed by atoms with Crippen LogP contribution >= 0.6 is 11.8 Å². The van der Waals surface area contributed by atoms with E-state index >= 15 is 0 Å². The van der Waals surface area contributed by atoms with E-state index in [4.69, 9.17) is 4.42 Å². The number of rotatable bonds is 3. The summed E-state index contributed by atoms with van der Waals surface area (Å²) in [6.45, 7) is 3.95. The molecule has 164 valence electrons. The molecule has 1 aromatic heterocycles. The number of urea groups is 1. The monoisotopic (exact) mass is 449 g/mol. The normalized spacial score (nSPS) is 23.2. The molecule has 5 rings (SSSR count). The molecule has 1 N–H and O–H groups in total. The number of furan rings is 1. The van der Waals surface area contributed by atoms with Gasteiger partial charge in [0.25, 0.3) is 5.91 Å². The van der Waals surface area contributed by atoms with Gasteiger partial charge >= 0.3 is 6.03 Å². The molecule has 0 spiro atoms. The number of carbonyl (C=O) groups is 3. The molecule has 1 saturated heterocycles. The summed E-state index contributed by atoms with van der Waals surface area (Å²) in [5, 5.41) is 3.93. The average Bonchev–Trinajstić information content (AvgIpc) is 3.24. The topological polar surface area (TPSA) is 82.9 Å². The fourth-order valence-corrected chi connectivity index (χ4v) is 5.32. The second-order valence-corrected chi connectivity index (χ2v) is 9.81. The van der Waals surface area contributed by atoms with E-state index in [9.17, 15) is 14.4 Å². The smallest absolute Gasteiger partial charge is 0.325 e.